The summed E-state index contributed by atoms with van der Waals surface area (Å²) in [5, 5.41) is 6.91. The highest BCUT2D eigenvalue weighted by Gasteiger charge is 2.12. The first-order chi connectivity index (χ1) is 11.2. The number of carbonyl (C=O) groups is 1. The van der Waals surface area contributed by atoms with Gasteiger partial charge in [0.25, 0.3) is 5.91 Å². The Balaban J connectivity index is 1.54. The second-order valence-corrected chi connectivity index (χ2v) is 5.86. The number of nitrogens with one attached hydrogen (secondary N) is 1. The molecule has 2 heterocycles. The minimum Gasteiger partial charge on any atom is -0.322 e. The van der Waals surface area contributed by atoms with Gasteiger partial charge in [0.2, 0.25) is 0 Å². The molecule has 3 rings (SSSR count). The lowest BCUT2D eigenvalue weighted by molar-refractivity contribution is 0.102. The van der Waals surface area contributed by atoms with Crippen LogP contribution in [0, 0.1) is 5.82 Å². The Kier molecular flexibility index (Phi) is 5.02. The summed E-state index contributed by atoms with van der Waals surface area (Å²) in [5.74, 6) is -0.653. The van der Waals surface area contributed by atoms with E-state index in [4.69, 9.17) is 0 Å². The zero-order valence-electron chi connectivity index (χ0n) is 13.0. The largest absolute Gasteiger partial charge is 0.322 e. The Hall–Kier alpha value is -2.21. The second-order valence-electron chi connectivity index (χ2n) is 5.86. The van der Waals surface area contributed by atoms with Crippen LogP contribution in [0.15, 0.2) is 36.7 Å². The van der Waals surface area contributed by atoms with Crippen LogP contribution in [0.25, 0.3) is 0 Å². The summed E-state index contributed by atoms with van der Waals surface area (Å²) in [4.78, 5) is 14.6. The number of benzene rings is 1. The number of nitrogens with zero attached hydrogens (tertiary/aromatic N) is 3. The molecule has 1 amide bonds. The van der Waals surface area contributed by atoms with E-state index in [2.05, 4.69) is 15.3 Å². The van der Waals surface area contributed by atoms with E-state index < -0.39 is 0 Å². The molecule has 1 aliphatic rings. The second kappa shape index (κ2) is 7.37. The number of anilines is 1. The van der Waals surface area contributed by atoms with Crippen molar-refractivity contribution in [2.45, 2.75) is 25.8 Å². The van der Waals surface area contributed by atoms with E-state index in [0.717, 1.165) is 26.2 Å². The van der Waals surface area contributed by atoms with Crippen molar-refractivity contribution in [1.29, 1.82) is 0 Å². The van der Waals surface area contributed by atoms with E-state index in [1.165, 1.54) is 31.4 Å². The number of halogens is 1. The maximum Gasteiger partial charge on any atom is 0.258 e. The predicted octanol–water partition coefficient (Wildman–Crippen LogP) is 2.76. The van der Waals surface area contributed by atoms with Gasteiger partial charge in [-0.15, -0.1) is 0 Å². The number of rotatable bonds is 5. The molecule has 0 saturated carbocycles. The number of aromatic nitrogens is 2. The molecule has 1 saturated heterocycles. The summed E-state index contributed by atoms with van der Waals surface area (Å²) in [6.07, 6.45) is 7.13. The average molecular weight is 316 g/mol. The molecule has 0 bridgehead atoms. The monoisotopic (exact) mass is 316 g/mol. The SMILES string of the molecule is O=C(Nc1cccc(F)c1)c1cnn(CCN2CCCCC2)c1. The van der Waals surface area contributed by atoms with Crippen molar-refractivity contribution in [3.63, 3.8) is 0 Å². The van der Waals surface area contributed by atoms with Crippen LogP contribution < -0.4 is 5.32 Å². The molecule has 1 aromatic heterocycles. The van der Waals surface area contributed by atoms with Gasteiger partial charge >= 0.3 is 0 Å². The standard InChI is InChI=1S/C17H21FN4O/c18-15-5-4-6-16(11-15)20-17(23)14-12-19-22(13-14)10-9-21-7-2-1-3-8-21/h4-6,11-13H,1-3,7-10H2,(H,20,23). The van der Waals surface area contributed by atoms with E-state index >= 15 is 0 Å². The molecular weight excluding hydrogens is 295 g/mol. The molecule has 0 aliphatic carbocycles. The maximum atomic E-state index is 13.1. The van der Waals surface area contributed by atoms with Gasteiger partial charge in [-0.05, 0) is 44.1 Å². The minimum atomic E-state index is -0.375. The van der Waals surface area contributed by atoms with E-state index in [0.29, 0.717) is 11.3 Å². The zero-order chi connectivity index (χ0) is 16.1. The van der Waals surface area contributed by atoms with E-state index in [-0.39, 0.29) is 11.7 Å². The fraction of sp³-hybridized carbons (Fsp3) is 0.412. The first-order valence-corrected chi connectivity index (χ1v) is 8.02. The van der Waals surface area contributed by atoms with Gasteiger partial charge in [-0.3, -0.25) is 9.48 Å². The fourth-order valence-electron chi connectivity index (χ4n) is 2.80. The molecule has 2 aromatic rings. The van der Waals surface area contributed by atoms with Gasteiger partial charge in [0.05, 0.1) is 18.3 Å². The molecule has 1 fully saturated rings. The molecule has 0 atom stereocenters. The fourth-order valence-corrected chi connectivity index (χ4v) is 2.80. The van der Waals surface area contributed by atoms with Crippen molar-refractivity contribution in [2.75, 3.05) is 25.0 Å². The molecule has 1 aliphatic heterocycles. The zero-order valence-corrected chi connectivity index (χ0v) is 13.0. The summed E-state index contributed by atoms with van der Waals surface area (Å²) < 4.78 is 14.9. The van der Waals surface area contributed by atoms with Crippen molar-refractivity contribution in [2.24, 2.45) is 0 Å². The third kappa shape index (κ3) is 4.39. The quantitative estimate of drug-likeness (QED) is 0.923. The molecule has 1 N–H and O–H groups in total. The highest BCUT2D eigenvalue weighted by Crippen LogP contribution is 2.11. The summed E-state index contributed by atoms with van der Waals surface area (Å²) in [6.45, 7) is 4.02. The Labute approximate surface area is 135 Å². The summed E-state index contributed by atoms with van der Waals surface area (Å²) in [5.41, 5.74) is 0.920. The summed E-state index contributed by atoms with van der Waals surface area (Å²) >= 11 is 0. The molecule has 6 heteroatoms. The average Bonchev–Trinajstić information content (AvgIpc) is 3.03. The van der Waals surface area contributed by atoms with E-state index in [1.807, 2.05) is 0 Å². The van der Waals surface area contributed by atoms with Crippen LogP contribution in [0.2, 0.25) is 0 Å². The van der Waals surface area contributed by atoms with Gasteiger partial charge in [-0.2, -0.15) is 5.10 Å². The molecule has 1 aromatic carbocycles. The predicted molar refractivity (Wildman–Crippen MR) is 86.9 cm³/mol. The van der Waals surface area contributed by atoms with E-state index in [1.54, 1.807) is 29.2 Å². The van der Waals surface area contributed by atoms with Crippen LogP contribution in [0.5, 0.6) is 0 Å². The van der Waals surface area contributed by atoms with Crippen molar-refractivity contribution in [3.8, 4) is 0 Å². The Morgan fingerprint density at radius 1 is 1.22 bits per heavy atom. The molecule has 5 nitrogen and oxygen atoms in total. The topological polar surface area (TPSA) is 50.2 Å². The van der Waals surface area contributed by atoms with Crippen LogP contribution in [0.1, 0.15) is 29.6 Å². The van der Waals surface area contributed by atoms with E-state index in [9.17, 15) is 9.18 Å². The van der Waals surface area contributed by atoms with Gasteiger partial charge in [-0.25, -0.2) is 4.39 Å². The van der Waals surface area contributed by atoms with Crippen LogP contribution in [0.3, 0.4) is 0 Å². The van der Waals surface area contributed by atoms with Crippen molar-refractivity contribution in [3.05, 3.63) is 48.0 Å². The van der Waals surface area contributed by atoms with Crippen molar-refractivity contribution < 1.29 is 9.18 Å². The molecule has 0 unspecified atom stereocenters. The molecular formula is C17H21FN4O. The highest BCUT2D eigenvalue weighted by atomic mass is 19.1. The van der Waals surface area contributed by atoms with Gasteiger partial charge in [-0.1, -0.05) is 12.5 Å². The third-order valence-electron chi connectivity index (χ3n) is 4.07. The number of piperidine rings is 1. The first-order valence-electron chi connectivity index (χ1n) is 8.02. The molecule has 122 valence electrons. The minimum absolute atomic E-state index is 0.278. The summed E-state index contributed by atoms with van der Waals surface area (Å²) in [6, 6.07) is 5.85. The molecule has 23 heavy (non-hydrogen) atoms. The maximum absolute atomic E-state index is 13.1. The van der Waals surface area contributed by atoms with Crippen molar-refractivity contribution in [1.82, 2.24) is 14.7 Å². The van der Waals surface area contributed by atoms with Crippen LogP contribution in [0.4, 0.5) is 10.1 Å². The van der Waals surface area contributed by atoms with Crippen LogP contribution in [-0.2, 0) is 6.54 Å². The lowest BCUT2D eigenvalue weighted by atomic mass is 10.1. The molecule has 0 radical (unpaired) electrons. The third-order valence-corrected chi connectivity index (χ3v) is 4.07. The number of hydrogen-bond acceptors (Lipinski definition) is 3. The van der Waals surface area contributed by atoms with Crippen LogP contribution in [-0.4, -0.2) is 40.2 Å². The first kappa shape index (κ1) is 15.7. The van der Waals surface area contributed by atoms with Gasteiger partial charge in [0, 0.05) is 18.4 Å². The summed E-state index contributed by atoms with van der Waals surface area (Å²) in [7, 11) is 0. The number of carbonyl (C=O) groups excluding carboxylic acids is 1. The number of likely N-dealkylation sites (tertiary alicyclic amines) is 1. The molecule has 0 spiro atoms. The van der Waals surface area contributed by atoms with Gasteiger partial charge < -0.3 is 10.2 Å². The van der Waals surface area contributed by atoms with Crippen molar-refractivity contribution >= 4 is 11.6 Å². The van der Waals surface area contributed by atoms with Gasteiger partial charge in [0.1, 0.15) is 5.82 Å². The van der Waals surface area contributed by atoms with Crippen LogP contribution >= 0.6 is 0 Å². The number of hydrogen-bond donors (Lipinski definition) is 1. The number of amides is 1. The Morgan fingerprint density at radius 3 is 2.83 bits per heavy atom. The Bertz CT molecular complexity index is 664. The normalized spacial score (nSPS) is 15.5. The smallest absolute Gasteiger partial charge is 0.258 e. The lowest BCUT2D eigenvalue weighted by Gasteiger charge is -2.26. The highest BCUT2D eigenvalue weighted by molar-refractivity contribution is 6.03. The van der Waals surface area contributed by atoms with Gasteiger partial charge in [0.15, 0.2) is 0 Å². The lowest BCUT2D eigenvalue weighted by Crippen LogP contribution is -2.32. The Morgan fingerprint density at radius 2 is 2.04 bits per heavy atom.